The lowest BCUT2D eigenvalue weighted by atomic mass is 9.83. The lowest BCUT2D eigenvalue weighted by Gasteiger charge is -2.41. The number of fused-ring (bicyclic) bond motifs is 5. The molecule has 59 heavy (non-hydrogen) atoms. The van der Waals surface area contributed by atoms with Gasteiger partial charge in [-0.2, -0.15) is 0 Å². The van der Waals surface area contributed by atoms with Crippen LogP contribution in [0.3, 0.4) is 0 Å². The Labute approximate surface area is 347 Å². The van der Waals surface area contributed by atoms with Gasteiger partial charge in [0.2, 0.25) is 0 Å². The molecule has 0 saturated heterocycles. The molecule has 8 aromatic rings. The summed E-state index contributed by atoms with van der Waals surface area (Å²) in [5.74, 6) is 1.99. The molecule has 0 spiro atoms. The summed E-state index contributed by atoms with van der Waals surface area (Å²) in [6, 6.07) is 56.5. The van der Waals surface area contributed by atoms with Crippen LogP contribution in [0.4, 0.5) is 11.4 Å². The van der Waals surface area contributed by atoms with Gasteiger partial charge in [-0.15, -0.1) is 0 Å². The summed E-state index contributed by atoms with van der Waals surface area (Å²) in [5.41, 5.74) is 9.85. The number of para-hydroxylation sites is 2. The van der Waals surface area contributed by atoms with Crippen LogP contribution in [0.1, 0.15) is 66.5 Å². The highest BCUT2D eigenvalue weighted by molar-refractivity contribution is 6.22. The van der Waals surface area contributed by atoms with Gasteiger partial charge in [0.05, 0.1) is 22.2 Å². The molecule has 0 N–H and O–H groups in total. The third kappa shape index (κ3) is 5.66. The summed E-state index contributed by atoms with van der Waals surface area (Å²) in [7, 11) is 0. The first kappa shape index (κ1) is 36.9. The minimum absolute atomic E-state index is 0.202. The van der Waals surface area contributed by atoms with Crippen LogP contribution >= 0.6 is 0 Å². The highest BCUT2D eigenvalue weighted by Crippen LogP contribution is 2.45. The molecule has 0 unspecified atom stereocenters. The molecule has 0 aliphatic carbocycles. The average molecular weight is 771 g/mol. The van der Waals surface area contributed by atoms with Gasteiger partial charge >= 0.3 is 0 Å². The van der Waals surface area contributed by atoms with Crippen molar-refractivity contribution in [1.29, 1.82) is 0 Å². The first-order valence-corrected chi connectivity index (χ1v) is 20.8. The summed E-state index contributed by atoms with van der Waals surface area (Å²) in [6.45, 7) is 18.0. The quantitative estimate of drug-likeness (QED) is 0.169. The molecule has 5 heteroatoms. The number of rotatable bonds is 6. The Bertz CT molecular complexity index is 2970. The molecule has 292 valence electrons. The lowest BCUT2D eigenvalue weighted by molar-refractivity contribution is 0.338. The van der Waals surface area contributed by atoms with Gasteiger partial charge in [-0.05, 0) is 131 Å². The fourth-order valence-corrected chi connectivity index (χ4v) is 9.08. The maximum Gasteiger partial charge on any atom is 0.136 e. The monoisotopic (exact) mass is 770 g/mol. The largest absolute Gasteiger partial charge is 0.456 e. The number of hydrogen-bond acceptors (Lipinski definition) is 5. The van der Waals surface area contributed by atoms with E-state index in [1.807, 2.05) is 0 Å². The first-order valence-electron chi connectivity index (χ1n) is 20.8. The van der Waals surface area contributed by atoms with E-state index in [4.69, 9.17) is 14.4 Å². The van der Waals surface area contributed by atoms with Crippen molar-refractivity contribution in [3.63, 3.8) is 0 Å². The molecule has 1 aromatic heterocycles. The average Bonchev–Trinajstić information content (AvgIpc) is 3.77. The maximum atomic E-state index is 6.76. The number of hydrogen-bond donors (Lipinski definition) is 0. The second-order valence-electron chi connectivity index (χ2n) is 18.3. The SMILES string of the molecule is CC1(C)N=C(c2ccc(-c3ccc4c(c3)oc3cc(-c5ccc(C6=NC(C)(C)C(C)(C)N6c6ccccc6)cc5)c5ccccc5c34)cc2)N(c2ccccc2)C1(C)C. The van der Waals surface area contributed by atoms with Crippen molar-refractivity contribution in [2.24, 2.45) is 9.98 Å². The maximum absolute atomic E-state index is 6.76. The predicted octanol–water partition coefficient (Wildman–Crippen LogP) is 13.7. The fourth-order valence-electron chi connectivity index (χ4n) is 9.08. The number of amidine groups is 2. The van der Waals surface area contributed by atoms with Gasteiger partial charge in [-0.1, -0.05) is 115 Å². The molecule has 2 aliphatic rings. The Morgan fingerprint density at radius 3 is 1.36 bits per heavy atom. The molecule has 0 amide bonds. The second kappa shape index (κ2) is 13.0. The van der Waals surface area contributed by atoms with Gasteiger partial charge in [0.1, 0.15) is 22.8 Å². The van der Waals surface area contributed by atoms with Crippen LogP contribution in [0.15, 0.2) is 172 Å². The van der Waals surface area contributed by atoms with Gasteiger partial charge in [0.25, 0.3) is 0 Å². The van der Waals surface area contributed by atoms with E-state index in [9.17, 15) is 0 Å². The van der Waals surface area contributed by atoms with Crippen molar-refractivity contribution >= 4 is 55.8 Å². The summed E-state index contributed by atoms with van der Waals surface area (Å²) < 4.78 is 6.76. The number of nitrogens with zero attached hydrogens (tertiary/aromatic N) is 4. The normalized spacial score (nSPS) is 17.8. The molecule has 0 fully saturated rings. The third-order valence-electron chi connectivity index (χ3n) is 13.7. The van der Waals surface area contributed by atoms with Gasteiger partial charge in [0, 0.05) is 33.3 Å². The van der Waals surface area contributed by atoms with E-state index in [1.165, 1.54) is 10.8 Å². The molecular weight excluding hydrogens is 721 g/mol. The highest BCUT2D eigenvalue weighted by atomic mass is 16.3. The summed E-state index contributed by atoms with van der Waals surface area (Å²) in [5, 5.41) is 4.65. The Hall–Kier alpha value is -6.46. The minimum atomic E-state index is -0.271. The van der Waals surface area contributed by atoms with Crippen molar-refractivity contribution in [2.75, 3.05) is 9.80 Å². The number of aliphatic imine (C=N–C) groups is 2. The fraction of sp³-hybridized carbons (Fsp3) is 0.222. The van der Waals surface area contributed by atoms with Crippen LogP contribution in [0.2, 0.25) is 0 Å². The van der Waals surface area contributed by atoms with Crippen molar-refractivity contribution in [1.82, 2.24) is 0 Å². The molecule has 0 radical (unpaired) electrons. The summed E-state index contributed by atoms with van der Waals surface area (Å²) in [6.07, 6.45) is 0. The van der Waals surface area contributed by atoms with E-state index in [1.54, 1.807) is 0 Å². The third-order valence-corrected chi connectivity index (χ3v) is 13.7. The Morgan fingerprint density at radius 2 is 0.831 bits per heavy atom. The Kier molecular flexibility index (Phi) is 8.13. The van der Waals surface area contributed by atoms with Crippen LogP contribution in [-0.2, 0) is 0 Å². The number of benzene rings is 7. The smallest absolute Gasteiger partial charge is 0.136 e. The van der Waals surface area contributed by atoms with E-state index in [-0.39, 0.29) is 22.2 Å². The van der Waals surface area contributed by atoms with Crippen molar-refractivity contribution in [2.45, 2.75) is 77.5 Å². The first-order chi connectivity index (χ1) is 28.2. The zero-order valence-electron chi connectivity index (χ0n) is 35.2. The van der Waals surface area contributed by atoms with Crippen LogP contribution in [0.25, 0.3) is 55.0 Å². The molecular formula is C54H50N4O. The summed E-state index contributed by atoms with van der Waals surface area (Å²) >= 11 is 0. The van der Waals surface area contributed by atoms with Crippen LogP contribution in [0.5, 0.6) is 0 Å². The zero-order chi connectivity index (χ0) is 40.9. The van der Waals surface area contributed by atoms with Gasteiger partial charge in [0.15, 0.2) is 0 Å². The second-order valence-corrected chi connectivity index (χ2v) is 18.3. The topological polar surface area (TPSA) is 44.3 Å². The van der Waals surface area contributed by atoms with Crippen molar-refractivity contribution in [3.05, 3.63) is 169 Å². The van der Waals surface area contributed by atoms with Crippen molar-refractivity contribution in [3.8, 4) is 22.3 Å². The number of furan rings is 1. The Morgan fingerprint density at radius 1 is 0.390 bits per heavy atom. The lowest BCUT2D eigenvalue weighted by Crippen LogP contribution is -2.53. The molecule has 7 aromatic carbocycles. The molecule has 0 bridgehead atoms. The van der Waals surface area contributed by atoms with Crippen molar-refractivity contribution < 1.29 is 4.42 Å². The molecule has 0 saturated carbocycles. The van der Waals surface area contributed by atoms with Crippen LogP contribution < -0.4 is 9.80 Å². The van der Waals surface area contributed by atoms with Gasteiger partial charge < -0.3 is 14.2 Å². The van der Waals surface area contributed by atoms with Gasteiger partial charge in [-0.3, -0.25) is 9.98 Å². The number of anilines is 2. The molecule has 10 rings (SSSR count). The van der Waals surface area contributed by atoms with E-state index in [0.717, 1.165) is 78.4 Å². The van der Waals surface area contributed by atoms with E-state index in [0.29, 0.717) is 0 Å². The van der Waals surface area contributed by atoms with Gasteiger partial charge in [-0.25, -0.2) is 0 Å². The molecule has 5 nitrogen and oxygen atoms in total. The zero-order valence-corrected chi connectivity index (χ0v) is 35.2. The molecule has 2 aliphatic heterocycles. The van der Waals surface area contributed by atoms with Crippen LogP contribution in [-0.4, -0.2) is 33.8 Å². The van der Waals surface area contributed by atoms with E-state index >= 15 is 0 Å². The summed E-state index contributed by atoms with van der Waals surface area (Å²) in [4.78, 5) is 15.4. The van der Waals surface area contributed by atoms with Crippen LogP contribution in [0, 0.1) is 0 Å². The molecule has 3 heterocycles. The van der Waals surface area contributed by atoms with E-state index in [2.05, 4.69) is 223 Å². The molecule has 0 atom stereocenters. The minimum Gasteiger partial charge on any atom is -0.456 e. The standard InChI is InChI=1S/C54H50N4O/c1-51(2)53(5,6)57(40-17-11-9-12-18-40)49(55-51)37-27-23-35(24-28-37)39-31-32-44-46(33-39)59-47-34-45(42-21-15-16-22-43(42)48(44)47)36-25-29-38(30-26-36)50-56-52(3,4)54(7,8)58(50)41-19-13-10-14-20-41/h9-34H,1-8H3. The van der Waals surface area contributed by atoms with E-state index < -0.39 is 0 Å². The highest BCUT2D eigenvalue weighted by Gasteiger charge is 2.50. The Balaban J connectivity index is 1.00. The predicted molar refractivity (Wildman–Crippen MR) is 249 cm³/mol.